The van der Waals surface area contributed by atoms with Crippen molar-refractivity contribution in [2.24, 2.45) is 7.05 Å². The number of rotatable bonds is 4. The number of halogens is 2. The van der Waals surface area contributed by atoms with Gasteiger partial charge in [-0.25, -0.2) is 0 Å². The molecule has 0 radical (unpaired) electrons. The standard InChI is InChI=1S/C12H14Cl2N4O2S/c1-8(2)18(9-4-5-10(13)11(14)6-9)21(19,20)12-7-17(3)16-15-12/h4-8H,1-3H3. The molecular weight excluding hydrogens is 335 g/mol. The van der Waals surface area contributed by atoms with Gasteiger partial charge in [-0.2, -0.15) is 8.42 Å². The largest absolute Gasteiger partial charge is 0.285 e. The molecule has 21 heavy (non-hydrogen) atoms. The first-order chi connectivity index (χ1) is 9.73. The van der Waals surface area contributed by atoms with Gasteiger partial charge in [0.05, 0.1) is 21.9 Å². The van der Waals surface area contributed by atoms with Gasteiger partial charge in [0.25, 0.3) is 10.0 Å². The van der Waals surface area contributed by atoms with Crippen LogP contribution >= 0.6 is 23.2 Å². The van der Waals surface area contributed by atoms with Gasteiger partial charge in [0.2, 0.25) is 5.03 Å². The van der Waals surface area contributed by atoms with Crippen LogP contribution in [0.2, 0.25) is 10.0 Å². The van der Waals surface area contributed by atoms with Crippen LogP contribution in [-0.4, -0.2) is 29.5 Å². The molecule has 0 spiro atoms. The monoisotopic (exact) mass is 348 g/mol. The topological polar surface area (TPSA) is 68.1 Å². The summed E-state index contributed by atoms with van der Waals surface area (Å²) in [5, 5.41) is 7.87. The Bertz CT molecular complexity index is 758. The van der Waals surface area contributed by atoms with Crippen molar-refractivity contribution in [2.45, 2.75) is 24.9 Å². The van der Waals surface area contributed by atoms with Crippen molar-refractivity contribution in [2.75, 3.05) is 4.31 Å². The number of sulfonamides is 1. The van der Waals surface area contributed by atoms with Crippen molar-refractivity contribution in [3.63, 3.8) is 0 Å². The maximum Gasteiger partial charge on any atom is 0.285 e. The molecule has 0 aliphatic rings. The van der Waals surface area contributed by atoms with Gasteiger partial charge < -0.3 is 0 Å². The summed E-state index contributed by atoms with van der Waals surface area (Å²) in [5.41, 5.74) is 0.421. The molecule has 2 aromatic rings. The van der Waals surface area contributed by atoms with Crippen LogP contribution in [0.15, 0.2) is 29.4 Å². The van der Waals surface area contributed by atoms with Gasteiger partial charge >= 0.3 is 0 Å². The van der Waals surface area contributed by atoms with E-state index in [0.717, 1.165) is 0 Å². The third-order valence-electron chi connectivity index (χ3n) is 2.73. The van der Waals surface area contributed by atoms with E-state index in [4.69, 9.17) is 23.2 Å². The van der Waals surface area contributed by atoms with E-state index in [1.54, 1.807) is 33.0 Å². The second-order valence-corrected chi connectivity index (χ2v) is 7.30. The minimum absolute atomic E-state index is 0.121. The Morgan fingerprint density at radius 1 is 1.24 bits per heavy atom. The Labute approximate surface area is 133 Å². The number of aryl methyl sites for hydroxylation is 1. The lowest BCUT2D eigenvalue weighted by atomic mass is 10.3. The van der Waals surface area contributed by atoms with E-state index in [1.165, 1.54) is 21.3 Å². The number of hydrogen-bond acceptors (Lipinski definition) is 4. The van der Waals surface area contributed by atoms with Gasteiger partial charge in [0, 0.05) is 13.1 Å². The quantitative estimate of drug-likeness (QED) is 0.851. The molecule has 0 fully saturated rings. The Balaban J connectivity index is 2.55. The molecule has 114 valence electrons. The van der Waals surface area contributed by atoms with E-state index in [1.807, 2.05) is 0 Å². The van der Waals surface area contributed by atoms with Crippen LogP contribution in [0.25, 0.3) is 0 Å². The minimum Gasteiger partial charge on any atom is -0.262 e. The van der Waals surface area contributed by atoms with Gasteiger partial charge in [-0.3, -0.25) is 8.99 Å². The minimum atomic E-state index is -3.82. The summed E-state index contributed by atoms with van der Waals surface area (Å²) in [4.78, 5) is 0. The fourth-order valence-electron chi connectivity index (χ4n) is 1.88. The van der Waals surface area contributed by atoms with Crippen LogP contribution in [0.5, 0.6) is 0 Å². The fourth-order valence-corrected chi connectivity index (χ4v) is 3.75. The molecule has 0 saturated carbocycles. The van der Waals surface area contributed by atoms with Crippen molar-refractivity contribution >= 4 is 38.9 Å². The molecule has 0 N–H and O–H groups in total. The molecule has 0 aliphatic heterocycles. The molecular formula is C12H14Cl2N4O2S. The van der Waals surface area contributed by atoms with E-state index >= 15 is 0 Å². The molecule has 0 aliphatic carbocycles. The van der Waals surface area contributed by atoms with Gasteiger partial charge in [-0.15, -0.1) is 5.10 Å². The first-order valence-electron chi connectivity index (χ1n) is 6.09. The summed E-state index contributed by atoms with van der Waals surface area (Å²) in [7, 11) is -2.22. The molecule has 1 heterocycles. The van der Waals surface area contributed by atoms with Crippen molar-refractivity contribution in [3.05, 3.63) is 34.4 Å². The Kier molecular flexibility index (Phi) is 4.46. The summed E-state index contributed by atoms with van der Waals surface area (Å²) in [6, 6.07) is 4.34. The van der Waals surface area contributed by atoms with Crippen molar-refractivity contribution < 1.29 is 8.42 Å². The van der Waals surface area contributed by atoms with Crippen LogP contribution in [-0.2, 0) is 17.1 Å². The summed E-state index contributed by atoms with van der Waals surface area (Å²) < 4.78 is 28.0. The van der Waals surface area contributed by atoms with Crippen LogP contribution in [0.1, 0.15) is 13.8 Å². The molecule has 6 nitrogen and oxygen atoms in total. The summed E-state index contributed by atoms with van der Waals surface area (Å²) in [6.07, 6.45) is 1.35. The number of anilines is 1. The smallest absolute Gasteiger partial charge is 0.262 e. The molecule has 2 rings (SSSR count). The van der Waals surface area contributed by atoms with Crippen LogP contribution in [0, 0.1) is 0 Å². The Hall–Kier alpha value is -1.31. The van der Waals surface area contributed by atoms with Gasteiger partial charge in [-0.1, -0.05) is 28.4 Å². The lowest BCUT2D eigenvalue weighted by molar-refractivity contribution is 0.580. The SMILES string of the molecule is CC(C)N(c1ccc(Cl)c(Cl)c1)S(=O)(=O)c1cn(C)nn1. The van der Waals surface area contributed by atoms with Gasteiger partial charge in [0.1, 0.15) is 0 Å². The predicted molar refractivity (Wildman–Crippen MR) is 82.3 cm³/mol. The predicted octanol–water partition coefficient (Wildman–Crippen LogP) is 2.73. The summed E-state index contributed by atoms with van der Waals surface area (Å²) >= 11 is 11.9. The van der Waals surface area contributed by atoms with Crippen LogP contribution in [0.4, 0.5) is 5.69 Å². The lowest BCUT2D eigenvalue weighted by Gasteiger charge is -2.27. The molecule has 0 amide bonds. The number of hydrogen-bond donors (Lipinski definition) is 0. The number of nitrogens with zero attached hydrogens (tertiary/aromatic N) is 4. The summed E-state index contributed by atoms with van der Waals surface area (Å²) in [6.45, 7) is 3.52. The zero-order valence-corrected chi connectivity index (χ0v) is 14.0. The normalized spacial score (nSPS) is 11.9. The zero-order valence-electron chi connectivity index (χ0n) is 11.7. The molecule has 0 atom stereocenters. The van der Waals surface area contributed by atoms with Crippen molar-refractivity contribution in [1.29, 1.82) is 0 Å². The molecule has 1 aromatic heterocycles. The van der Waals surface area contributed by atoms with E-state index in [2.05, 4.69) is 10.3 Å². The van der Waals surface area contributed by atoms with Gasteiger partial charge in [-0.05, 0) is 32.0 Å². The molecule has 9 heteroatoms. The lowest BCUT2D eigenvalue weighted by Crippen LogP contribution is -2.37. The molecule has 1 aromatic carbocycles. The first-order valence-corrected chi connectivity index (χ1v) is 8.29. The zero-order chi connectivity index (χ0) is 15.8. The second-order valence-electron chi connectivity index (χ2n) is 4.72. The van der Waals surface area contributed by atoms with E-state index in [9.17, 15) is 8.42 Å². The van der Waals surface area contributed by atoms with Crippen molar-refractivity contribution in [1.82, 2.24) is 15.0 Å². The highest BCUT2D eigenvalue weighted by Gasteiger charge is 2.30. The average Bonchev–Trinajstić information content (AvgIpc) is 2.80. The highest BCUT2D eigenvalue weighted by Crippen LogP contribution is 2.31. The Morgan fingerprint density at radius 2 is 1.90 bits per heavy atom. The van der Waals surface area contributed by atoms with E-state index < -0.39 is 10.0 Å². The average molecular weight is 349 g/mol. The van der Waals surface area contributed by atoms with E-state index in [-0.39, 0.29) is 16.1 Å². The summed E-state index contributed by atoms with van der Waals surface area (Å²) in [5.74, 6) is 0. The molecule has 0 saturated heterocycles. The molecule has 0 bridgehead atoms. The maximum absolute atomic E-state index is 12.7. The van der Waals surface area contributed by atoms with Crippen LogP contribution < -0.4 is 4.31 Å². The van der Waals surface area contributed by atoms with Crippen LogP contribution in [0.3, 0.4) is 0 Å². The maximum atomic E-state index is 12.7. The van der Waals surface area contributed by atoms with E-state index in [0.29, 0.717) is 10.7 Å². The third kappa shape index (κ3) is 3.14. The highest BCUT2D eigenvalue weighted by molar-refractivity contribution is 7.92. The Morgan fingerprint density at radius 3 is 2.38 bits per heavy atom. The first kappa shape index (κ1) is 16.1. The third-order valence-corrected chi connectivity index (χ3v) is 5.34. The second kappa shape index (κ2) is 5.82. The number of aromatic nitrogens is 3. The van der Waals surface area contributed by atoms with Crippen molar-refractivity contribution in [3.8, 4) is 0 Å². The number of benzene rings is 1. The fraction of sp³-hybridized carbons (Fsp3) is 0.333. The highest BCUT2D eigenvalue weighted by atomic mass is 35.5. The molecule has 0 unspecified atom stereocenters. The van der Waals surface area contributed by atoms with Gasteiger partial charge in [0.15, 0.2) is 0 Å².